The van der Waals surface area contributed by atoms with Gasteiger partial charge in [-0.05, 0) is 42.5 Å². The van der Waals surface area contributed by atoms with E-state index in [1.807, 2.05) is 6.07 Å². The summed E-state index contributed by atoms with van der Waals surface area (Å²) in [6.07, 6.45) is 2.93. The lowest BCUT2D eigenvalue weighted by Crippen LogP contribution is -2.29. The zero-order chi connectivity index (χ0) is 15.2. The van der Waals surface area contributed by atoms with Crippen molar-refractivity contribution in [1.82, 2.24) is 4.90 Å². The highest BCUT2D eigenvalue weighted by Gasteiger charge is 2.29. The Morgan fingerprint density at radius 3 is 2.71 bits per heavy atom. The van der Waals surface area contributed by atoms with Crippen LogP contribution in [-0.4, -0.2) is 29.2 Å². The summed E-state index contributed by atoms with van der Waals surface area (Å²) >= 11 is 0. The Balaban J connectivity index is 2.09. The smallest absolute Gasteiger partial charge is 0.124 e. The standard InChI is InChI=1S/C18H24FNO/c1-14(2)12-20(18-6-7-18)13-16-9-15(5-3-4-8-21)10-17(19)11-16/h9-11,14,18,21H,4,6-8,12-13H2,1-2H3. The van der Waals surface area contributed by atoms with Gasteiger partial charge in [-0.3, -0.25) is 4.90 Å². The molecule has 0 saturated heterocycles. The average molecular weight is 289 g/mol. The van der Waals surface area contributed by atoms with Crippen LogP contribution in [0.5, 0.6) is 0 Å². The van der Waals surface area contributed by atoms with Gasteiger partial charge in [-0.2, -0.15) is 0 Å². The Morgan fingerprint density at radius 2 is 2.10 bits per heavy atom. The number of hydrogen-bond acceptors (Lipinski definition) is 2. The van der Waals surface area contributed by atoms with Gasteiger partial charge in [0.05, 0.1) is 6.61 Å². The van der Waals surface area contributed by atoms with Gasteiger partial charge in [0, 0.05) is 31.1 Å². The molecule has 1 aliphatic rings. The number of hydrogen-bond donors (Lipinski definition) is 1. The maximum Gasteiger partial charge on any atom is 0.124 e. The second kappa shape index (κ2) is 7.59. The summed E-state index contributed by atoms with van der Waals surface area (Å²) in [7, 11) is 0. The molecule has 1 aromatic rings. The molecule has 1 aromatic carbocycles. The molecule has 0 radical (unpaired) electrons. The first-order chi connectivity index (χ1) is 10.1. The summed E-state index contributed by atoms with van der Waals surface area (Å²) in [5.41, 5.74) is 1.68. The molecule has 0 heterocycles. The minimum Gasteiger partial charge on any atom is -0.395 e. The number of nitrogens with zero attached hydrogens (tertiary/aromatic N) is 1. The zero-order valence-corrected chi connectivity index (χ0v) is 12.9. The van der Waals surface area contributed by atoms with Crippen LogP contribution in [0.4, 0.5) is 4.39 Å². The lowest BCUT2D eigenvalue weighted by atomic mass is 10.1. The van der Waals surface area contributed by atoms with E-state index in [0.717, 1.165) is 18.7 Å². The maximum atomic E-state index is 13.7. The van der Waals surface area contributed by atoms with Crippen molar-refractivity contribution in [1.29, 1.82) is 0 Å². The predicted molar refractivity (Wildman–Crippen MR) is 83.3 cm³/mol. The van der Waals surface area contributed by atoms with E-state index >= 15 is 0 Å². The Bertz CT molecular complexity index is 526. The number of halogens is 1. The summed E-state index contributed by atoms with van der Waals surface area (Å²) in [4.78, 5) is 2.45. The fourth-order valence-electron chi connectivity index (χ4n) is 2.52. The van der Waals surface area contributed by atoms with Crippen molar-refractivity contribution in [2.45, 2.75) is 45.7 Å². The van der Waals surface area contributed by atoms with E-state index in [1.54, 1.807) is 6.07 Å². The van der Waals surface area contributed by atoms with Gasteiger partial charge in [0.25, 0.3) is 0 Å². The predicted octanol–water partition coefficient (Wildman–Crippen LogP) is 3.18. The van der Waals surface area contributed by atoms with Crippen molar-refractivity contribution in [3.05, 3.63) is 35.1 Å². The van der Waals surface area contributed by atoms with Crippen LogP contribution >= 0.6 is 0 Å². The summed E-state index contributed by atoms with van der Waals surface area (Å²) in [5.74, 6) is 6.14. The molecule has 1 saturated carbocycles. The van der Waals surface area contributed by atoms with E-state index in [9.17, 15) is 4.39 Å². The first-order valence-corrected chi connectivity index (χ1v) is 7.71. The molecular weight excluding hydrogens is 265 g/mol. The molecule has 0 aromatic heterocycles. The van der Waals surface area contributed by atoms with Gasteiger partial charge in [-0.1, -0.05) is 25.7 Å². The van der Waals surface area contributed by atoms with E-state index < -0.39 is 0 Å². The third kappa shape index (κ3) is 5.49. The lowest BCUT2D eigenvalue weighted by molar-refractivity contribution is 0.226. The monoisotopic (exact) mass is 289 g/mol. The molecule has 2 nitrogen and oxygen atoms in total. The van der Waals surface area contributed by atoms with Crippen molar-refractivity contribution >= 4 is 0 Å². The van der Waals surface area contributed by atoms with Crippen molar-refractivity contribution < 1.29 is 9.50 Å². The summed E-state index contributed by atoms with van der Waals surface area (Å²) < 4.78 is 13.7. The van der Waals surface area contributed by atoms with Crippen LogP contribution in [0, 0.1) is 23.6 Å². The molecule has 0 atom stereocenters. The van der Waals surface area contributed by atoms with Crippen LogP contribution in [-0.2, 0) is 6.54 Å². The van der Waals surface area contributed by atoms with Gasteiger partial charge >= 0.3 is 0 Å². The van der Waals surface area contributed by atoms with Crippen LogP contribution < -0.4 is 0 Å². The van der Waals surface area contributed by atoms with E-state index in [0.29, 0.717) is 23.9 Å². The largest absolute Gasteiger partial charge is 0.395 e. The molecule has 0 spiro atoms. The Kier molecular flexibility index (Phi) is 5.78. The van der Waals surface area contributed by atoms with Crippen molar-refractivity contribution in [3.63, 3.8) is 0 Å². The molecule has 0 unspecified atom stereocenters. The normalized spacial score (nSPS) is 14.4. The summed E-state index contributed by atoms with van der Waals surface area (Å²) in [6.45, 7) is 6.31. The first kappa shape index (κ1) is 16.0. The number of aliphatic hydroxyl groups excluding tert-OH is 1. The SMILES string of the molecule is CC(C)CN(Cc1cc(F)cc(C#CCCO)c1)C1CC1. The molecule has 3 heteroatoms. The molecular formula is C18H24FNO. The van der Waals surface area contributed by atoms with Crippen LogP contribution in [0.25, 0.3) is 0 Å². The topological polar surface area (TPSA) is 23.5 Å². The quantitative estimate of drug-likeness (QED) is 0.813. The van der Waals surface area contributed by atoms with Gasteiger partial charge in [-0.15, -0.1) is 0 Å². The highest BCUT2D eigenvalue weighted by molar-refractivity contribution is 5.37. The minimum absolute atomic E-state index is 0.0407. The third-order valence-corrected chi connectivity index (χ3v) is 3.48. The van der Waals surface area contributed by atoms with Gasteiger partial charge < -0.3 is 5.11 Å². The van der Waals surface area contributed by atoms with E-state index in [2.05, 4.69) is 30.6 Å². The minimum atomic E-state index is -0.235. The number of aliphatic hydroxyl groups is 1. The molecule has 1 aliphatic carbocycles. The summed E-state index contributed by atoms with van der Waals surface area (Å²) in [6, 6.07) is 5.69. The fraction of sp³-hybridized carbons (Fsp3) is 0.556. The van der Waals surface area contributed by atoms with Crippen LogP contribution in [0.3, 0.4) is 0 Å². The van der Waals surface area contributed by atoms with Crippen LogP contribution in [0.2, 0.25) is 0 Å². The highest BCUT2D eigenvalue weighted by atomic mass is 19.1. The lowest BCUT2D eigenvalue weighted by Gasteiger charge is -2.24. The maximum absolute atomic E-state index is 13.7. The molecule has 21 heavy (non-hydrogen) atoms. The fourth-order valence-corrected chi connectivity index (χ4v) is 2.52. The number of rotatable bonds is 6. The van der Waals surface area contributed by atoms with Crippen molar-refractivity contribution in [3.8, 4) is 11.8 Å². The zero-order valence-electron chi connectivity index (χ0n) is 12.9. The molecule has 1 N–H and O–H groups in total. The second-order valence-electron chi connectivity index (χ2n) is 6.18. The molecule has 0 amide bonds. The van der Waals surface area contributed by atoms with Crippen LogP contribution in [0.15, 0.2) is 18.2 Å². The second-order valence-corrected chi connectivity index (χ2v) is 6.18. The van der Waals surface area contributed by atoms with Crippen molar-refractivity contribution in [2.75, 3.05) is 13.2 Å². The van der Waals surface area contributed by atoms with Gasteiger partial charge in [-0.25, -0.2) is 4.39 Å². The highest BCUT2D eigenvalue weighted by Crippen LogP contribution is 2.29. The van der Waals surface area contributed by atoms with Crippen LogP contribution in [0.1, 0.15) is 44.2 Å². The Labute approximate surface area is 127 Å². The molecule has 2 rings (SSSR count). The van der Waals surface area contributed by atoms with E-state index in [4.69, 9.17) is 5.11 Å². The van der Waals surface area contributed by atoms with Gasteiger partial charge in [0.1, 0.15) is 5.82 Å². The molecule has 0 aliphatic heterocycles. The van der Waals surface area contributed by atoms with Gasteiger partial charge in [0.2, 0.25) is 0 Å². The first-order valence-electron chi connectivity index (χ1n) is 7.71. The molecule has 1 fully saturated rings. The summed E-state index contributed by atoms with van der Waals surface area (Å²) in [5, 5.41) is 8.74. The molecule has 114 valence electrons. The molecule has 0 bridgehead atoms. The number of benzene rings is 1. The Morgan fingerprint density at radius 1 is 1.33 bits per heavy atom. The van der Waals surface area contributed by atoms with E-state index in [-0.39, 0.29) is 12.4 Å². The van der Waals surface area contributed by atoms with E-state index in [1.165, 1.54) is 18.9 Å². The van der Waals surface area contributed by atoms with Gasteiger partial charge in [0.15, 0.2) is 0 Å². The Hall–Kier alpha value is -1.37. The van der Waals surface area contributed by atoms with Crippen molar-refractivity contribution in [2.24, 2.45) is 5.92 Å². The average Bonchev–Trinajstić information content (AvgIpc) is 3.21. The third-order valence-electron chi connectivity index (χ3n) is 3.48.